The molecule has 0 bridgehead atoms. The van der Waals surface area contributed by atoms with Gasteiger partial charge in [0.1, 0.15) is 5.75 Å². The minimum atomic E-state index is -3.75. The van der Waals surface area contributed by atoms with E-state index in [1.165, 1.54) is 16.7 Å². The molecule has 0 aliphatic heterocycles. The first-order chi connectivity index (χ1) is 15.3. The van der Waals surface area contributed by atoms with Gasteiger partial charge in [-0.05, 0) is 97.5 Å². The normalized spacial score (nSPS) is 16.2. The zero-order valence-electron chi connectivity index (χ0n) is 19.2. The van der Waals surface area contributed by atoms with Gasteiger partial charge in [-0.3, -0.25) is 4.72 Å². The van der Waals surface area contributed by atoms with Gasteiger partial charge in [0.2, 0.25) is 0 Å². The molecule has 0 unspecified atom stereocenters. The summed E-state index contributed by atoms with van der Waals surface area (Å²) in [6.07, 6.45) is 4.22. The number of sulfonamides is 1. The third-order valence-corrected chi connectivity index (χ3v) is 7.81. The Morgan fingerprint density at radius 1 is 0.906 bits per heavy atom. The molecule has 4 rings (SSSR count). The first-order valence-electron chi connectivity index (χ1n) is 11.2. The van der Waals surface area contributed by atoms with E-state index in [2.05, 4.69) is 42.8 Å². The van der Waals surface area contributed by atoms with E-state index in [-0.39, 0.29) is 4.90 Å². The first kappa shape index (κ1) is 22.4. The summed E-state index contributed by atoms with van der Waals surface area (Å²) in [6, 6.07) is 17.5. The van der Waals surface area contributed by atoms with Crippen LogP contribution < -0.4 is 9.46 Å². The fraction of sp³-hybridized carbons (Fsp3) is 0.333. The second kappa shape index (κ2) is 8.99. The molecule has 0 spiro atoms. The zero-order valence-corrected chi connectivity index (χ0v) is 20.1. The number of fused-ring (bicyclic) bond motifs is 1. The molecule has 5 heteroatoms. The highest BCUT2D eigenvalue weighted by atomic mass is 32.2. The molecular weight excluding hydrogens is 418 g/mol. The van der Waals surface area contributed by atoms with Crippen LogP contribution in [0.1, 0.15) is 42.0 Å². The largest absolute Gasteiger partial charge is 0.495 e. The monoisotopic (exact) mass is 449 g/mol. The summed E-state index contributed by atoms with van der Waals surface area (Å²) < 4.78 is 34.8. The van der Waals surface area contributed by atoms with Gasteiger partial charge in [0.05, 0.1) is 17.7 Å². The summed E-state index contributed by atoms with van der Waals surface area (Å²) in [6.45, 7) is 6.27. The predicted molar refractivity (Wildman–Crippen MR) is 131 cm³/mol. The molecule has 3 aromatic carbocycles. The quantitative estimate of drug-likeness (QED) is 0.465. The van der Waals surface area contributed by atoms with Gasteiger partial charge in [0.25, 0.3) is 10.0 Å². The fourth-order valence-electron chi connectivity index (χ4n) is 4.39. The SMILES string of the molecule is COc1cc2c(cc1NS(=O)(=O)c1ccc(-c3ccc(C)cc3)c(C)c1)CC[C@H](C)CC2. The average molecular weight is 450 g/mol. The lowest BCUT2D eigenvalue weighted by molar-refractivity contribution is 0.416. The number of aryl methyl sites for hydroxylation is 4. The smallest absolute Gasteiger partial charge is 0.262 e. The molecule has 168 valence electrons. The van der Waals surface area contributed by atoms with Crippen LogP contribution >= 0.6 is 0 Å². The Morgan fingerprint density at radius 2 is 1.56 bits per heavy atom. The second-order valence-corrected chi connectivity index (χ2v) is 10.6. The van der Waals surface area contributed by atoms with Gasteiger partial charge in [-0.15, -0.1) is 0 Å². The summed E-state index contributed by atoms with van der Waals surface area (Å²) in [5.41, 5.74) is 7.18. The molecule has 0 radical (unpaired) electrons. The predicted octanol–water partition coefficient (Wildman–Crippen LogP) is 6.29. The van der Waals surface area contributed by atoms with Gasteiger partial charge in [-0.1, -0.05) is 42.8 Å². The molecular formula is C27H31NO3S. The number of hydrogen-bond acceptors (Lipinski definition) is 3. The Balaban J connectivity index is 1.65. The van der Waals surface area contributed by atoms with Crippen LogP contribution in [0.4, 0.5) is 5.69 Å². The van der Waals surface area contributed by atoms with E-state index in [1.54, 1.807) is 19.2 Å². The van der Waals surface area contributed by atoms with Crippen LogP contribution in [-0.2, 0) is 22.9 Å². The van der Waals surface area contributed by atoms with Crippen LogP contribution in [0.5, 0.6) is 5.75 Å². The molecule has 3 aromatic rings. The molecule has 32 heavy (non-hydrogen) atoms. The molecule has 1 aliphatic carbocycles. The van der Waals surface area contributed by atoms with Crippen LogP contribution in [0.25, 0.3) is 11.1 Å². The van der Waals surface area contributed by atoms with Gasteiger partial charge in [-0.2, -0.15) is 0 Å². The van der Waals surface area contributed by atoms with Crippen molar-refractivity contribution in [2.45, 2.75) is 51.3 Å². The summed E-state index contributed by atoms with van der Waals surface area (Å²) in [4.78, 5) is 0.247. The molecule has 1 atom stereocenters. The van der Waals surface area contributed by atoms with Crippen LogP contribution in [0.2, 0.25) is 0 Å². The molecule has 0 amide bonds. The molecule has 1 N–H and O–H groups in total. The standard InChI is InChI=1S/C27H31NO3S/c1-18-5-9-21(10-6-18)25-14-13-24(15-20(25)3)32(29,30)28-26-16-22-11-7-19(2)8-12-23(22)17-27(26)31-4/h5-6,9-10,13-17,19,28H,7-8,11-12H2,1-4H3/t19-/m0/s1. The minimum absolute atomic E-state index is 0.247. The second-order valence-electron chi connectivity index (χ2n) is 8.95. The number of anilines is 1. The van der Waals surface area contributed by atoms with Crippen molar-refractivity contribution in [3.8, 4) is 16.9 Å². The van der Waals surface area contributed by atoms with Gasteiger partial charge in [0, 0.05) is 0 Å². The van der Waals surface area contributed by atoms with Crippen LogP contribution in [0.3, 0.4) is 0 Å². The molecule has 0 aromatic heterocycles. The van der Waals surface area contributed by atoms with Crippen molar-refractivity contribution in [2.75, 3.05) is 11.8 Å². The molecule has 0 fully saturated rings. The molecule has 0 saturated heterocycles. The Kier molecular flexibility index (Phi) is 6.29. The van der Waals surface area contributed by atoms with E-state index in [0.29, 0.717) is 17.4 Å². The van der Waals surface area contributed by atoms with E-state index in [4.69, 9.17) is 4.74 Å². The number of rotatable bonds is 5. The van der Waals surface area contributed by atoms with E-state index in [9.17, 15) is 8.42 Å². The fourth-order valence-corrected chi connectivity index (χ4v) is 5.54. The molecule has 1 aliphatic rings. The number of ether oxygens (including phenoxy) is 1. The van der Waals surface area contributed by atoms with Gasteiger partial charge in [0.15, 0.2) is 0 Å². The molecule has 0 saturated carbocycles. The lowest BCUT2D eigenvalue weighted by Crippen LogP contribution is -2.14. The number of hydrogen-bond donors (Lipinski definition) is 1. The maximum Gasteiger partial charge on any atom is 0.262 e. The van der Waals surface area contributed by atoms with E-state index in [0.717, 1.165) is 42.4 Å². The van der Waals surface area contributed by atoms with Crippen molar-refractivity contribution < 1.29 is 13.2 Å². The highest BCUT2D eigenvalue weighted by Gasteiger charge is 2.21. The van der Waals surface area contributed by atoms with E-state index in [1.807, 2.05) is 25.1 Å². The molecule has 0 heterocycles. The van der Waals surface area contributed by atoms with Crippen molar-refractivity contribution in [3.63, 3.8) is 0 Å². The number of nitrogens with one attached hydrogen (secondary N) is 1. The van der Waals surface area contributed by atoms with E-state index < -0.39 is 10.0 Å². The van der Waals surface area contributed by atoms with Gasteiger partial charge < -0.3 is 4.74 Å². The number of benzene rings is 3. The summed E-state index contributed by atoms with van der Waals surface area (Å²) in [7, 11) is -2.17. The Morgan fingerprint density at radius 3 is 2.19 bits per heavy atom. The Hall–Kier alpha value is -2.79. The maximum atomic E-state index is 13.2. The summed E-state index contributed by atoms with van der Waals surface area (Å²) in [5.74, 6) is 1.23. The number of methoxy groups -OCH3 is 1. The lowest BCUT2D eigenvalue weighted by Gasteiger charge is -2.16. The Bertz CT molecular complexity index is 1230. The summed E-state index contributed by atoms with van der Waals surface area (Å²) in [5, 5.41) is 0. The minimum Gasteiger partial charge on any atom is -0.495 e. The van der Waals surface area contributed by atoms with Gasteiger partial charge in [-0.25, -0.2) is 8.42 Å². The third kappa shape index (κ3) is 4.68. The average Bonchev–Trinajstić information content (AvgIpc) is 2.95. The van der Waals surface area contributed by atoms with Crippen molar-refractivity contribution in [1.29, 1.82) is 0 Å². The third-order valence-electron chi connectivity index (χ3n) is 6.45. The van der Waals surface area contributed by atoms with Gasteiger partial charge >= 0.3 is 0 Å². The van der Waals surface area contributed by atoms with E-state index >= 15 is 0 Å². The van der Waals surface area contributed by atoms with Crippen molar-refractivity contribution in [3.05, 3.63) is 76.9 Å². The van der Waals surface area contributed by atoms with Crippen LogP contribution in [0, 0.1) is 19.8 Å². The topological polar surface area (TPSA) is 55.4 Å². The summed E-state index contributed by atoms with van der Waals surface area (Å²) >= 11 is 0. The van der Waals surface area contributed by atoms with Crippen molar-refractivity contribution >= 4 is 15.7 Å². The van der Waals surface area contributed by atoms with Crippen molar-refractivity contribution in [1.82, 2.24) is 0 Å². The van der Waals surface area contributed by atoms with Crippen LogP contribution in [0.15, 0.2) is 59.5 Å². The Labute approximate surface area is 191 Å². The first-order valence-corrected chi connectivity index (χ1v) is 12.7. The maximum absolute atomic E-state index is 13.2. The highest BCUT2D eigenvalue weighted by Crippen LogP contribution is 2.35. The molecule has 4 nitrogen and oxygen atoms in total. The van der Waals surface area contributed by atoms with Crippen LogP contribution in [-0.4, -0.2) is 15.5 Å². The van der Waals surface area contributed by atoms with Crippen molar-refractivity contribution in [2.24, 2.45) is 5.92 Å². The zero-order chi connectivity index (χ0) is 22.9. The lowest BCUT2D eigenvalue weighted by atomic mass is 10.00. The highest BCUT2D eigenvalue weighted by molar-refractivity contribution is 7.92.